The molecule has 1 atom stereocenters. The summed E-state index contributed by atoms with van der Waals surface area (Å²) in [7, 11) is 1.63. The maximum absolute atomic E-state index is 12.7. The molecule has 0 spiro atoms. The minimum absolute atomic E-state index is 0.0414. The van der Waals surface area contributed by atoms with Gasteiger partial charge in [-0.15, -0.1) is 10.2 Å². The lowest BCUT2D eigenvalue weighted by Crippen LogP contribution is -2.50. The van der Waals surface area contributed by atoms with Gasteiger partial charge in [-0.2, -0.15) is 0 Å². The van der Waals surface area contributed by atoms with Crippen LogP contribution in [0.2, 0.25) is 0 Å². The van der Waals surface area contributed by atoms with Crippen LogP contribution in [0.15, 0.2) is 35.7 Å². The molecule has 29 heavy (non-hydrogen) atoms. The molecular weight excluding hydrogens is 390 g/mol. The number of hydrogen-bond acceptors (Lipinski definition) is 6. The molecule has 0 bridgehead atoms. The highest BCUT2D eigenvalue weighted by Gasteiger charge is 2.25. The van der Waals surface area contributed by atoms with Crippen molar-refractivity contribution in [1.29, 1.82) is 0 Å². The van der Waals surface area contributed by atoms with Crippen LogP contribution in [-0.4, -0.2) is 63.5 Å². The summed E-state index contributed by atoms with van der Waals surface area (Å²) in [4.78, 5) is 26.4. The Bertz CT molecular complexity index is 824. The Morgan fingerprint density at radius 1 is 1.31 bits per heavy atom. The van der Waals surface area contributed by atoms with E-state index in [-0.39, 0.29) is 23.6 Å². The Kier molecular flexibility index (Phi) is 7.51. The lowest BCUT2D eigenvalue weighted by Gasteiger charge is -2.33. The maximum atomic E-state index is 12.7. The lowest BCUT2D eigenvalue weighted by molar-refractivity contribution is -0.131. The summed E-state index contributed by atoms with van der Waals surface area (Å²) in [5, 5.41) is 11.8. The fourth-order valence-corrected chi connectivity index (χ4v) is 4.14. The number of carbonyl (C=O) groups is 2. The molecule has 2 amide bonds. The molecule has 8 nitrogen and oxygen atoms in total. The predicted octanol–water partition coefficient (Wildman–Crippen LogP) is 2.28. The number of aromatic nitrogens is 3. The highest BCUT2D eigenvalue weighted by atomic mass is 32.2. The molecule has 1 N–H and O–H groups in total. The van der Waals surface area contributed by atoms with E-state index in [2.05, 4.69) is 15.5 Å². The average molecular weight is 418 g/mol. The van der Waals surface area contributed by atoms with Gasteiger partial charge in [-0.1, -0.05) is 18.7 Å². The molecule has 1 saturated heterocycles. The monoisotopic (exact) mass is 417 g/mol. The van der Waals surface area contributed by atoms with Gasteiger partial charge in [0.15, 0.2) is 5.16 Å². The quantitative estimate of drug-likeness (QED) is 0.663. The van der Waals surface area contributed by atoms with Crippen molar-refractivity contribution in [3.8, 4) is 11.4 Å². The number of thioether (sulfide) groups is 1. The smallest absolute Gasteiger partial charge is 0.233 e. The first-order chi connectivity index (χ1) is 14.1. The molecule has 1 aromatic carbocycles. The number of piperidine rings is 1. The van der Waals surface area contributed by atoms with E-state index >= 15 is 0 Å². The number of nitrogens with zero attached hydrogens (tertiary/aromatic N) is 4. The summed E-state index contributed by atoms with van der Waals surface area (Å²) in [5.41, 5.74) is 0.905. The molecule has 1 fully saturated rings. The van der Waals surface area contributed by atoms with E-state index in [4.69, 9.17) is 4.74 Å². The molecule has 2 aromatic rings. The Balaban J connectivity index is 1.55. The number of ether oxygens (including phenoxy) is 1. The van der Waals surface area contributed by atoms with Gasteiger partial charge >= 0.3 is 0 Å². The summed E-state index contributed by atoms with van der Waals surface area (Å²) in [6.07, 6.45) is 4.80. The van der Waals surface area contributed by atoms with Crippen LogP contribution >= 0.6 is 11.8 Å². The normalized spacial score (nSPS) is 16.5. The predicted molar refractivity (Wildman–Crippen MR) is 111 cm³/mol. The Hall–Kier alpha value is -2.55. The number of rotatable bonds is 8. The molecule has 1 aromatic heterocycles. The minimum atomic E-state index is 0.0414. The number of carbonyl (C=O) groups excluding carboxylic acids is 2. The first-order valence-electron chi connectivity index (χ1n) is 9.85. The van der Waals surface area contributed by atoms with Gasteiger partial charge in [-0.25, -0.2) is 0 Å². The van der Waals surface area contributed by atoms with Crippen molar-refractivity contribution in [2.24, 2.45) is 0 Å². The molecule has 1 unspecified atom stereocenters. The third-order valence-corrected chi connectivity index (χ3v) is 5.74. The van der Waals surface area contributed by atoms with Crippen molar-refractivity contribution in [2.75, 3.05) is 26.0 Å². The van der Waals surface area contributed by atoms with Gasteiger partial charge in [-0.05, 0) is 43.5 Å². The van der Waals surface area contributed by atoms with Gasteiger partial charge in [0, 0.05) is 31.2 Å². The van der Waals surface area contributed by atoms with Gasteiger partial charge in [-0.3, -0.25) is 14.2 Å². The summed E-state index contributed by atoms with van der Waals surface area (Å²) < 4.78 is 7.04. The molecule has 0 radical (unpaired) electrons. The second-order valence-corrected chi connectivity index (χ2v) is 7.91. The fourth-order valence-electron chi connectivity index (χ4n) is 3.31. The Morgan fingerprint density at radius 3 is 2.83 bits per heavy atom. The average Bonchev–Trinajstić information content (AvgIpc) is 3.21. The molecular formula is C20H27N5O3S. The van der Waals surface area contributed by atoms with Crippen LogP contribution in [0.25, 0.3) is 5.69 Å². The number of nitrogens with one attached hydrogen (secondary N) is 1. The van der Waals surface area contributed by atoms with E-state index in [1.54, 1.807) is 13.4 Å². The number of amides is 2. The second-order valence-electron chi connectivity index (χ2n) is 6.97. The highest BCUT2D eigenvalue weighted by molar-refractivity contribution is 7.99. The van der Waals surface area contributed by atoms with Crippen LogP contribution in [0.5, 0.6) is 5.75 Å². The van der Waals surface area contributed by atoms with Crippen LogP contribution < -0.4 is 10.1 Å². The number of likely N-dealkylation sites (tertiary alicyclic amines) is 1. The first-order valence-corrected chi connectivity index (χ1v) is 10.8. The fraction of sp³-hybridized carbons (Fsp3) is 0.500. The molecule has 1 aliphatic heterocycles. The van der Waals surface area contributed by atoms with Crippen LogP contribution in [0.1, 0.15) is 32.6 Å². The Labute approximate surface area is 175 Å². The van der Waals surface area contributed by atoms with E-state index in [9.17, 15) is 9.59 Å². The standard InChI is InChI=1S/C20H27N5O3S/c1-3-5-18(26)22-15-6-4-11-24(12-15)19(27)13-29-20-23-21-14-25(20)16-7-9-17(28-2)10-8-16/h7-10,14-15H,3-6,11-13H2,1-2H3,(H,22,26). The van der Waals surface area contributed by atoms with Crippen LogP contribution in [0.3, 0.4) is 0 Å². The zero-order valence-corrected chi connectivity index (χ0v) is 17.7. The van der Waals surface area contributed by atoms with Crippen molar-refractivity contribution < 1.29 is 14.3 Å². The largest absolute Gasteiger partial charge is 0.497 e. The molecule has 0 saturated carbocycles. The molecule has 156 valence electrons. The third-order valence-electron chi connectivity index (χ3n) is 4.81. The maximum Gasteiger partial charge on any atom is 0.233 e. The van der Waals surface area contributed by atoms with Gasteiger partial charge in [0.25, 0.3) is 0 Å². The summed E-state index contributed by atoms with van der Waals surface area (Å²) in [6.45, 7) is 3.28. The summed E-state index contributed by atoms with van der Waals surface area (Å²) in [5.74, 6) is 1.17. The van der Waals surface area contributed by atoms with Gasteiger partial charge in [0.1, 0.15) is 12.1 Å². The first kappa shape index (κ1) is 21.2. The topological polar surface area (TPSA) is 89.4 Å². The van der Waals surface area contributed by atoms with Crippen molar-refractivity contribution in [2.45, 2.75) is 43.8 Å². The van der Waals surface area contributed by atoms with Crippen molar-refractivity contribution in [3.05, 3.63) is 30.6 Å². The molecule has 0 aliphatic carbocycles. The molecule has 2 heterocycles. The highest BCUT2D eigenvalue weighted by Crippen LogP contribution is 2.22. The number of benzene rings is 1. The van der Waals surface area contributed by atoms with E-state index in [0.717, 1.165) is 37.2 Å². The SMILES string of the molecule is CCCC(=O)NC1CCCN(C(=O)CSc2nncn2-c2ccc(OC)cc2)C1. The molecule has 1 aliphatic rings. The molecule has 3 rings (SSSR count). The van der Waals surface area contributed by atoms with E-state index < -0.39 is 0 Å². The Morgan fingerprint density at radius 2 is 2.10 bits per heavy atom. The van der Waals surface area contributed by atoms with Gasteiger partial charge in [0.05, 0.1) is 12.9 Å². The zero-order valence-electron chi connectivity index (χ0n) is 16.8. The third kappa shape index (κ3) is 5.72. The minimum Gasteiger partial charge on any atom is -0.497 e. The van der Waals surface area contributed by atoms with Crippen LogP contribution in [0.4, 0.5) is 0 Å². The second kappa shape index (κ2) is 10.3. The molecule has 9 heteroatoms. The summed E-state index contributed by atoms with van der Waals surface area (Å²) in [6, 6.07) is 7.62. The van der Waals surface area contributed by atoms with Crippen LogP contribution in [-0.2, 0) is 9.59 Å². The van der Waals surface area contributed by atoms with E-state index in [1.165, 1.54) is 11.8 Å². The van der Waals surface area contributed by atoms with Gasteiger partial charge < -0.3 is 15.0 Å². The van der Waals surface area contributed by atoms with Gasteiger partial charge in [0.2, 0.25) is 11.8 Å². The van der Waals surface area contributed by atoms with Crippen molar-refractivity contribution in [1.82, 2.24) is 25.0 Å². The summed E-state index contributed by atoms with van der Waals surface area (Å²) >= 11 is 1.36. The van der Waals surface area contributed by atoms with E-state index in [0.29, 0.717) is 18.1 Å². The lowest BCUT2D eigenvalue weighted by atomic mass is 10.1. The van der Waals surface area contributed by atoms with Crippen LogP contribution in [0, 0.1) is 0 Å². The zero-order chi connectivity index (χ0) is 20.6. The van der Waals surface area contributed by atoms with Crippen molar-refractivity contribution >= 4 is 23.6 Å². The van der Waals surface area contributed by atoms with E-state index in [1.807, 2.05) is 40.7 Å². The number of methoxy groups -OCH3 is 1. The van der Waals surface area contributed by atoms with Crippen molar-refractivity contribution in [3.63, 3.8) is 0 Å². The number of hydrogen-bond donors (Lipinski definition) is 1.